The van der Waals surface area contributed by atoms with Gasteiger partial charge in [0.1, 0.15) is 4.90 Å². The zero-order chi connectivity index (χ0) is 13.2. The van der Waals surface area contributed by atoms with E-state index in [9.17, 15) is 8.42 Å². The van der Waals surface area contributed by atoms with Gasteiger partial charge in [0.2, 0.25) is 10.0 Å². The maximum absolute atomic E-state index is 12.1. The fraction of sp³-hybridized carbons (Fsp3) is 0.500. The molecule has 1 N–H and O–H groups in total. The molecule has 0 aliphatic carbocycles. The van der Waals surface area contributed by atoms with E-state index in [1.807, 2.05) is 6.92 Å². The average molecular weight is 290 g/mol. The summed E-state index contributed by atoms with van der Waals surface area (Å²) in [7, 11) is -3.56. The standard InChI is InChI=1S/C12H16ClNO3S/c1-9-4-5-12(11(13)7-9)18(15,16)14-8-10-3-2-6-17-10/h4-5,7,10,14H,2-3,6,8H2,1H3/t10-/m0/s1. The fourth-order valence-corrected chi connectivity index (χ4v) is 3.57. The highest BCUT2D eigenvalue weighted by Gasteiger charge is 2.21. The first-order chi connectivity index (χ1) is 8.49. The maximum Gasteiger partial charge on any atom is 0.242 e. The van der Waals surface area contributed by atoms with Crippen molar-refractivity contribution < 1.29 is 13.2 Å². The van der Waals surface area contributed by atoms with Gasteiger partial charge in [0, 0.05) is 13.2 Å². The van der Waals surface area contributed by atoms with Gasteiger partial charge in [-0.05, 0) is 37.5 Å². The molecular formula is C12H16ClNO3S. The Hall–Kier alpha value is -0.620. The number of nitrogens with one attached hydrogen (secondary N) is 1. The number of aryl methyl sites for hydroxylation is 1. The first kappa shape index (κ1) is 13.8. The lowest BCUT2D eigenvalue weighted by molar-refractivity contribution is 0.114. The molecule has 1 atom stereocenters. The van der Waals surface area contributed by atoms with Crippen molar-refractivity contribution in [1.82, 2.24) is 4.72 Å². The Morgan fingerprint density at radius 2 is 2.28 bits per heavy atom. The Morgan fingerprint density at radius 1 is 1.50 bits per heavy atom. The minimum atomic E-state index is -3.56. The number of ether oxygens (including phenoxy) is 1. The molecule has 0 bridgehead atoms. The van der Waals surface area contributed by atoms with Crippen LogP contribution in [0.1, 0.15) is 18.4 Å². The van der Waals surface area contributed by atoms with Gasteiger partial charge in [0.25, 0.3) is 0 Å². The lowest BCUT2D eigenvalue weighted by atomic mass is 10.2. The molecule has 100 valence electrons. The van der Waals surface area contributed by atoms with Crippen LogP contribution in [0.25, 0.3) is 0 Å². The van der Waals surface area contributed by atoms with Crippen LogP contribution in [0.2, 0.25) is 5.02 Å². The highest BCUT2D eigenvalue weighted by molar-refractivity contribution is 7.89. The van der Waals surface area contributed by atoms with Gasteiger partial charge >= 0.3 is 0 Å². The SMILES string of the molecule is Cc1ccc(S(=O)(=O)NC[C@@H]2CCCO2)c(Cl)c1. The summed E-state index contributed by atoms with van der Waals surface area (Å²) in [6.45, 7) is 2.87. The van der Waals surface area contributed by atoms with Gasteiger partial charge in [-0.15, -0.1) is 0 Å². The second-order valence-electron chi connectivity index (χ2n) is 4.42. The van der Waals surface area contributed by atoms with E-state index < -0.39 is 10.0 Å². The van der Waals surface area contributed by atoms with Gasteiger partial charge in [-0.25, -0.2) is 13.1 Å². The molecule has 1 aromatic carbocycles. The van der Waals surface area contributed by atoms with Crippen molar-refractivity contribution in [2.45, 2.75) is 30.8 Å². The van der Waals surface area contributed by atoms with Crippen LogP contribution in [-0.4, -0.2) is 27.7 Å². The first-order valence-electron chi connectivity index (χ1n) is 5.86. The molecule has 1 aliphatic heterocycles. The highest BCUT2D eigenvalue weighted by atomic mass is 35.5. The maximum atomic E-state index is 12.1. The monoisotopic (exact) mass is 289 g/mol. The quantitative estimate of drug-likeness (QED) is 0.923. The highest BCUT2D eigenvalue weighted by Crippen LogP contribution is 2.22. The zero-order valence-electron chi connectivity index (χ0n) is 10.1. The van der Waals surface area contributed by atoms with Crippen LogP contribution in [0, 0.1) is 6.92 Å². The van der Waals surface area contributed by atoms with E-state index in [1.54, 1.807) is 12.1 Å². The summed E-state index contributed by atoms with van der Waals surface area (Å²) >= 11 is 5.96. The van der Waals surface area contributed by atoms with Crippen LogP contribution in [0.15, 0.2) is 23.1 Å². The third-order valence-electron chi connectivity index (χ3n) is 2.90. The van der Waals surface area contributed by atoms with Gasteiger partial charge in [-0.1, -0.05) is 17.7 Å². The van der Waals surface area contributed by atoms with E-state index in [1.165, 1.54) is 6.07 Å². The van der Waals surface area contributed by atoms with Crippen LogP contribution < -0.4 is 4.72 Å². The van der Waals surface area contributed by atoms with Gasteiger partial charge in [-0.2, -0.15) is 0 Å². The Balaban J connectivity index is 2.09. The molecule has 4 nitrogen and oxygen atoms in total. The molecular weight excluding hydrogens is 274 g/mol. The lowest BCUT2D eigenvalue weighted by Gasteiger charge is -2.12. The number of rotatable bonds is 4. The van der Waals surface area contributed by atoms with Crippen molar-refractivity contribution in [1.29, 1.82) is 0 Å². The van der Waals surface area contributed by atoms with Crippen molar-refractivity contribution in [2.24, 2.45) is 0 Å². The fourth-order valence-electron chi connectivity index (χ4n) is 1.91. The molecule has 1 heterocycles. The third kappa shape index (κ3) is 3.23. The molecule has 1 aromatic rings. The Kier molecular flexibility index (Phi) is 4.27. The van der Waals surface area contributed by atoms with E-state index in [0.29, 0.717) is 13.2 Å². The van der Waals surface area contributed by atoms with Gasteiger partial charge in [0.15, 0.2) is 0 Å². The van der Waals surface area contributed by atoms with E-state index in [-0.39, 0.29) is 16.0 Å². The summed E-state index contributed by atoms with van der Waals surface area (Å²) in [6.07, 6.45) is 1.85. The molecule has 0 radical (unpaired) electrons. The average Bonchev–Trinajstić information content (AvgIpc) is 2.78. The van der Waals surface area contributed by atoms with Crippen LogP contribution in [-0.2, 0) is 14.8 Å². The van der Waals surface area contributed by atoms with Crippen LogP contribution in [0.5, 0.6) is 0 Å². The summed E-state index contributed by atoms with van der Waals surface area (Å²) in [5.74, 6) is 0. The van der Waals surface area contributed by atoms with Gasteiger partial charge in [0.05, 0.1) is 11.1 Å². The number of hydrogen-bond donors (Lipinski definition) is 1. The molecule has 1 aliphatic rings. The third-order valence-corrected chi connectivity index (χ3v) is 4.81. The molecule has 1 fully saturated rings. The summed E-state index contributed by atoms with van der Waals surface area (Å²) < 4.78 is 32.1. The molecule has 2 rings (SSSR count). The Labute approximate surface area is 112 Å². The second-order valence-corrected chi connectivity index (χ2v) is 6.56. The minimum Gasteiger partial charge on any atom is -0.377 e. The van der Waals surface area contributed by atoms with Crippen molar-refractivity contribution in [3.63, 3.8) is 0 Å². The molecule has 0 amide bonds. The molecule has 6 heteroatoms. The van der Waals surface area contributed by atoms with E-state index >= 15 is 0 Å². The zero-order valence-corrected chi connectivity index (χ0v) is 11.7. The molecule has 0 saturated carbocycles. The minimum absolute atomic E-state index is 0.0241. The van der Waals surface area contributed by atoms with Crippen LogP contribution in [0.4, 0.5) is 0 Å². The van der Waals surface area contributed by atoms with E-state index in [4.69, 9.17) is 16.3 Å². The predicted molar refractivity (Wildman–Crippen MR) is 70.4 cm³/mol. The van der Waals surface area contributed by atoms with Gasteiger partial charge < -0.3 is 4.74 Å². The van der Waals surface area contributed by atoms with Crippen molar-refractivity contribution in [3.05, 3.63) is 28.8 Å². The Bertz CT molecular complexity index is 524. The van der Waals surface area contributed by atoms with Crippen molar-refractivity contribution in [2.75, 3.05) is 13.2 Å². The second kappa shape index (κ2) is 5.57. The normalized spacial score (nSPS) is 20.2. The lowest BCUT2D eigenvalue weighted by Crippen LogP contribution is -2.32. The largest absolute Gasteiger partial charge is 0.377 e. The molecule has 0 spiro atoms. The topological polar surface area (TPSA) is 55.4 Å². The molecule has 18 heavy (non-hydrogen) atoms. The molecule has 1 saturated heterocycles. The summed E-state index contributed by atoms with van der Waals surface area (Å²) in [5, 5.41) is 0.245. The number of benzene rings is 1. The van der Waals surface area contributed by atoms with Gasteiger partial charge in [-0.3, -0.25) is 0 Å². The van der Waals surface area contributed by atoms with Crippen LogP contribution in [0.3, 0.4) is 0 Å². The molecule has 0 unspecified atom stereocenters. The number of halogens is 1. The van der Waals surface area contributed by atoms with Crippen LogP contribution >= 0.6 is 11.6 Å². The molecule has 0 aromatic heterocycles. The first-order valence-corrected chi connectivity index (χ1v) is 7.72. The van der Waals surface area contributed by atoms with E-state index in [2.05, 4.69) is 4.72 Å². The number of sulfonamides is 1. The van der Waals surface area contributed by atoms with Crippen molar-refractivity contribution >= 4 is 21.6 Å². The van der Waals surface area contributed by atoms with Crippen molar-refractivity contribution in [3.8, 4) is 0 Å². The summed E-state index contributed by atoms with van der Waals surface area (Å²) in [4.78, 5) is 0.118. The predicted octanol–water partition coefficient (Wildman–Crippen LogP) is 2.11. The summed E-state index contributed by atoms with van der Waals surface area (Å²) in [5.41, 5.74) is 0.929. The number of hydrogen-bond acceptors (Lipinski definition) is 3. The van der Waals surface area contributed by atoms with E-state index in [0.717, 1.165) is 18.4 Å². The smallest absolute Gasteiger partial charge is 0.242 e. The Morgan fingerprint density at radius 3 is 2.89 bits per heavy atom. The summed E-state index contributed by atoms with van der Waals surface area (Å²) in [6, 6.07) is 4.89.